The van der Waals surface area contributed by atoms with E-state index in [1.807, 2.05) is 26.2 Å². The summed E-state index contributed by atoms with van der Waals surface area (Å²) in [5.41, 5.74) is 4.67. The highest BCUT2D eigenvalue weighted by molar-refractivity contribution is 5.74. The third-order valence-corrected chi connectivity index (χ3v) is 5.12. The van der Waals surface area contributed by atoms with Crippen LogP contribution in [0.2, 0.25) is 0 Å². The summed E-state index contributed by atoms with van der Waals surface area (Å²) in [6.45, 7) is 2.91. The highest BCUT2D eigenvalue weighted by Crippen LogP contribution is 2.36. The average molecular weight is 338 g/mol. The lowest BCUT2D eigenvalue weighted by Gasteiger charge is -2.33. The van der Waals surface area contributed by atoms with Gasteiger partial charge in [-0.1, -0.05) is 36.4 Å². The first-order valence-corrected chi connectivity index (χ1v) is 8.80. The SMILES string of the molecule is Cc1ccccc1C(c1ccc(N(C)C)cc1)N1CCCC1C(=O)O. The van der Waals surface area contributed by atoms with E-state index in [0.29, 0.717) is 6.42 Å². The molecule has 0 radical (unpaired) electrons. The van der Waals surface area contributed by atoms with Crippen LogP contribution in [0.4, 0.5) is 5.69 Å². The molecule has 1 fully saturated rings. The van der Waals surface area contributed by atoms with E-state index in [-0.39, 0.29) is 6.04 Å². The average Bonchev–Trinajstić information content (AvgIpc) is 3.07. The quantitative estimate of drug-likeness (QED) is 0.903. The van der Waals surface area contributed by atoms with Gasteiger partial charge in [-0.05, 0) is 48.6 Å². The number of aryl methyl sites for hydroxylation is 1. The monoisotopic (exact) mass is 338 g/mol. The number of benzene rings is 2. The Bertz CT molecular complexity index is 740. The molecule has 1 heterocycles. The Labute approximate surface area is 149 Å². The maximum Gasteiger partial charge on any atom is 0.320 e. The minimum absolute atomic E-state index is 0.0268. The van der Waals surface area contributed by atoms with E-state index < -0.39 is 12.0 Å². The van der Waals surface area contributed by atoms with Gasteiger partial charge in [0.2, 0.25) is 0 Å². The summed E-state index contributed by atoms with van der Waals surface area (Å²) in [7, 11) is 4.05. The third-order valence-electron chi connectivity index (χ3n) is 5.12. The Kier molecular flexibility index (Phi) is 5.09. The number of hydrogen-bond donors (Lipinski definition) is 1. The molecule has 0 aromatic heterocycles. The standard InChI is InChI=1S/C21H26N2O2/c1-15-7-4-5-8-18(15)20(23-14-6-9-19(23)21(24)25)16-10-12-17(13-11-16)22(2)3/h4-5,7-8,10-13,19-20H,6,9,14H2,1-3H3,(H,24,25). The molecule has 0 saturated carbocycles. The lowest BCUT2D eigenvalue weighted by molar-refractivity contribution is -0.142. The summed E-state index contributed by atoms with van der Waals surface area (Å²) in [5.74, 6) is -0.721. The molecule has 1 saturated heterocycles. The summed E-state index contributed by atoms with van der Waals surface area (Å²) in [4.78, 5) is 16.0. The van der Waals surface area contributed by atoms with Crippen LogP contribution in [-0.4, -0.2) is 42.7 Å². The smallest absolute Gasteiger partial charge is 0.320 e. The van der Waals surface area contributed by atoms with E-state index in [1.54, 1.807) is 0 Å². The van der Waals surface area contributed by atoms with Crippen molar-refractivity contribution in [3.63, 3.8) is 0 Å². The summed E-state index contributed by atoms with van der Waals surface area (Å²) in [6.07, 6.45) is 1.64. The number of aliphatic carboxylic acids is 1. The molecular formula is C21H26N2O2. The van der Waals surface area contributed by atoms with Crippen LogP contribution < -0.4 is 4.90 Å². The molecule has 1 N–H and O–H groups in total. The van der Waals surface area contributed by atoms with Crippen molar-refractivity contribution in [3.8, 4) is 0 Å². The number of carbonyl (C=O) groups is 1. The Balaban J connectivity index is 2.06. The molecule has 4 heteroatoms. The first-order chi connectivity index (χ1) is 12.0. The highest BCUT2D eigenvalue weighted by atomic mass is 16.4. The number of nitrogens with zero attached hydrogens (tertiary/aromatic N) is 2. The number of hydrogen-bond acceptors (Lipinski definition) is 3. The van der Waals surface area contributed by atoms with Crippen LogP contribution in [-0.2, 0) is 4.79 Å². The second-order valence-electron chi connectivity index (χ2n) is 6.98. The topological polar surface area (TPSA) is 43.8 Å². The largest absolute Gasteiger partial charge is 0.480 e. The van der Waals surface area contributed by atoms with Gasteiger partial charge >= 0.3 is 5.97 Å². The van der Waals surface area contributed by atoms with Crippen LogP contribution in [0.15, 0.2) is 48.5 Å². The fourth-order valence-electron chi connectivity index (χ4n) is 3.76. The fourth-order valence-corrected chi connectivity index (χ4v) is 3.76. The van der Waals surface area contributed by atoms with Crippen molar-refractivity contribution in [2.24, 2.45) is 0 Å². The van der Waals surface area contributed by atoms with Crippen LogP contribution in [0, 0.1) is 6.92 Å². The second-order valence-corrected chi connectivity index (χ2v) is 6.98. The zero-order valence-electron chi connectivity index (χ0n) is 15.1. The molecule has 2 unspecified atom stereocenters. The second kappa shape index (κ2) is 7.28. The van der Waals surface area contributed by atoms with Gasteiger partial charge in [0, 0.05) is 26.3 Å². The molecule has 4 nitrogen and oxygen atoms in total. The van der Waals surface area contributed by atoms with E-state index in [9.17, 15) is 9.90 Å². The van der Waals surface area contributed by atoms with Gasteiger partial charge in [0.05, 0.1) is 6.04 Å². The third kappa shape index (κ3) is 3.54. The molecule has 0 amide bonds. The van der Waals surface area contributed by atoms with Gasteiger partial charge in [0.15, 0.2) is 0 Å². The van der Waals surface area contributed by atoms with Crippen LogP contribution >= 0.6 is 0 Å². The molecule has 3 rings (SSSR count). The number of anilines is 1. The Morgan fingerprint density at radius 2 is 1.84 bits per heavy atom. The van der Waals surface area contributed by atoms with Crippen molar-refractivity contribution in [3.05, 3.63) is 65.2 Å². The van der Waals surface area contributed by atoms with Crippen molar-refractivity contribution in [2.45, 2.75) is 31.8 Å². The maximum absolute atomic E-state index is 11.8. The number of likely N-dealkylation sites (tertiary alicyclic amines) is 1. The first kappa shape index (κ1) is 17.5. The van der Waals surface area contributed by atoms with Gasteiger partial charge in [-0.3, -0.25) is 9.69 Å². The summed E-state index contributed by atoms with van der Waals surface area (Å²) in [6, 6.07) is 16.3. The molecule has 1 aliphatic heterocycles. The molecule has 0 aliphatic carbocycles. The van der Waals surface area contributed by atoms with Crippen LogP contribution in [0.3, 0.4) is 0 Å². The lowest BCUT2D eigenvalue weighted by Crippen LogP contribution is -2.39. The van der Waals surface area contributed by atoms with Crippen molar-refractivity contribution in [1.29, 1.82) is 0 Å². The van der Waals surface area contributed by atoms with Crippen LogP contribution in [0.1, 0.15) is 35.6 Å². The van der Waals surface area contributed by atoms with Gasteiger partial charge < -0.3 is 10.0 Å². The van der Waals surface area contributed by atoms with Gasteiger partial charge in [-0.15, -0.1) is 0 Å². The van der Waals surface area contributed by atoms with Crippen LogP contribution in [0.25, 0.3) is 0 Å². The molecule has 25 heavy (non-hydrogen) atoms. The molecule has 2 aromatic carbocycles. The predicted molar refractivity (Wildman–Crippen MR) is 101 cm³/mol. The molecule has 0 bridgehead atoms. The van der Waals surface area contributed by atoms with Crippen molar-refractivity contribution >= 4 is 11.7 Å². The molecule has 0 spiro atoms. The highest BCUT2D eigenvalue weighted by Gasteiger charge is 2.37. The molecule has 2 aromatic rings. The van der Waals surface area contributed by atoms with Gasteiger partial charge in [-0.2, -0.15) is 0 Å². The maximum atomic E-state index is 11.8. The molecule has 1 aliphatic rings. The lowest BCUT2D eigenvalue weighted by atomic mass is 9.93. The van der Waals surface area contributed by atoms with E-state index in [4.69, 9.17) is 0 Å². The minimum Gasteiger partial charge on any atom is -0.480 e. The Morgan fingerprint density at radius 1 is 1.16 bits per heavy atom. The van der Waals surface area contributed by atoms with Gasteiger partial charge in [0.1, 0.15) is 6.04 Å². The Hall–Kier alpha value is -2.33. The predicted octanol–water partition coefficient (Wildman–Crippen LogP) is 3.70. The number of carboxylic acid groups (broad SMARTS) is 1. The van der Waals surface area contributed by atoms with Gasteiger partial charge in [-0.25, -0.2) is 0 Å². The normalized spacial score (nSPS) is 18.9. The van der Waals surface area contributed by atoms with Crippen molar-refractivity contribution in [2.75, 3.05) is 25.5 Å². The first-order valence-electron chi connectivity index (χ1n) is 8.80. The Morgan fingerprint density at radius 3 is 2.44 bits per heavy atom. The number of rotatable bonds is 5. The van der Waals surface area contributed by atoms with Crippen molar-refractivity contribution < 1.29 is 9.90 Å². The van der Waals surface area contributed by atoms with Crippen LogP contribution in [0.5, 0.6) is 0 Å². The van der Waals surface area contributed by atoms with E-state index in [0.717, 1.165) is 24.2 Å². The molecule has 132 valence electrons. The minimum atomic E-state index is -0.721. The van der Waals surface area contributed by atoms with Crippen molar-refractivity contribution in [1.82, 2.24) is 4.90 Å². The summed E-state index contributed by atoms with van der Waals surface area (Å²) >= 11 is 0. The zero-order chi connectivity index (χ0) is 18.0. The molecule has 2 atom stereocenters. The van der Waals surface area contributed by atoms with E-state index in [1.165, 1.54) is 11.1 Å². The van der Waals surface area contributed by atoms with E-state index >= 15 is 0 Å². The number of carboxylic acids is 1. The van der Waals surface area contributed by atoms with E-state index in [2.05, 4.69) is 53.1 Å². The summed E-state index contributed by atoms with van der Waals surface area (Å²) in [5, 5.41) is 9.66. The zero-order valence-corrected chi connectivity index (χ0v) is 15.1. The summed E-state index contributed by atoms with van der Waals surface area (Å²) < 4.78 is 0. The fraction of sp³-hybridized carbons (Fsp3) is 0.381. The molecular weight excluding hydrogens is 312 g/mol. The van der Waals surface area contributed by atoms with Gasteiger partial charge in [0.25, 0.3) is 0 Å².